The summed E-state index contributed by atoms with van der Waals surface area (Å²) in [4.78, 5) is 4.16. The van der Waals surface area contributed by atoms with E-state index in [0.717, 1.165) is 30.7 Å². The number of rotatable bonds is 4. The predicted octanol–water partition coefficient (Wildman–Crippen LogP) is 2.38. The van der Waals surface area contributed by atoms with Crippen LogP contribution in [0.3, 0.4) is 0 Å². The average Bonchev–Trinajstić information content (AvgIpc) is 2.87. The molecule has 0 radical (unpaired) electrons. The zero-order chi connectivity index (χ0) is 12.9. The van der Waals surface area contributed by atoms with Crippen LogP contribution in [0.4, 0.5) is 0 Å². The van der Waals surface area contributed by atoms with Gasteiger partial charge in [0, 0.05) is 0 Å². The van der Waals surface area contributed by atoms with Crippen LogP contribution in [0.5, 0.6) is 0 Å². The van der Waals surface area contributed by atoms with Gasteiger partial charge in [-0.25, -0.2) is 9.67 Å². The fraction of sp³-hybridized carbons (Fsp3) is 0.867. The molecule has 4 saturated carbocycles. The molecule has 1 atom stereocenters. The van der Waals surface area contributed by atoms with E-state index in [4.69, 9.17) is 5.73 Å². The van der Waals surface area contributed by atoms with Crippen molar-refractivity contribution in [2.75, 3.05) is 6.54 Å². The molecule has 0 aromatic carbocycles. The Balaban J connectivity index is 1.68. The first kappa shape index (κ1) is 11.9. The van der Waals surface area contributed by atoms with Crippen LogP contribution in [0.15, 0.2) is 12.7 Å². The zero-order valence-electron chi connectivity index (χ0n) is 11.5. The van der Waals surface area contributed by atoms with Crippen LogP contribution >= 0.6 is 0 Å². The van der Waals surface area contributed by atoms with E-state index in [-0.39, 0.29) is 0 Å². The first-order chi connectivity index (χ1) is 9.29. The first-order valence-electron chi connectivity index (χ1n) is 7.83. The molecule has 4 fully saturated rings. The molecule has 4 heteroatoms. The largest absolute Gasteiger partial charge is 0.330 e. The summed E-state index contributed by atoms with van der Waals surface area (Å²) < 4.78 is 2.11. The van der Waals surface area contributed by atoms with Gasteiger partial charge in [-0.15, -0.1) is 0 Å². The van der Waals surface area contributed by atoms with Crippen LogP contribution in [-0.2, 0) is 0 Å². The fourth-order valence-corrected chi connectivity index (χ4v) is 5.84. The molecular weight excluding hydrogens is 236 g/mol. The molecule has 1 heterocycles. The van der Waals surface area contributed by atoms with Crippen molar-refractivity contribution < 1.29 is 0 Å². The Hall–Kier alpha value is -0.900. The van der Waals surface area contributed by atoms with Crippen molar-refractivity contribution >= 4 is 0 Å². The molecule has 0 amide bonds. The van der Waals surface area contributed by atoms with Gasteiger partial charge in [-0.05, 0) is 74.7 Å². The maximum absolute atomic E-state index is 5.89. The lowest BCUT2D eigenvalue weighted by Gasteiger charge is -2.59. The maximum Gasteiger partial charge on any atom is 0.137 e. The van der Waals surface area contributed by atoms with Gasteiger partial charge in [0.25, 0.3) is 0 Å². The third kappa shape index (κ3) is 1.83. The van der Waals surface area contributed by atoms with Crippen molar-refractivity contribution in [3.63, 3.8) is 0 Å². The molecule has 4 nitrogen and oxygen atoms in total. The predicted molar refractivity (Wildman–Crippen MR) is 73.3 cm³/mol. The quantitative estimate of drug-likeness (QED) is 0.904. The molecule has 0 spiro atoms. The summed E-state index contributed by atoms with van der Waals surface area (Å²) in [7, 11) is 0. The van der Waals surface area contributed by atoms with E-state index < -0.39 is 0 Å². The molecule has 4 aliphatic rings. The number of aromatic nitrogens is 3. The second-order valence-electron chi connectivity index (χ2n) is 7.25. The molecule has 5 rings (SSSR count). The van der Waals surface area contributed by atoms with Crippen molar-refractivity contribution in [2.45, 2.75) is 51.0 Å². The molecule has 4 aliphatic carbocycles. The molecule has 2 N–H and O–H groups in total. The van der Waals surface area contributed by atoms with E-state index in [0.29, 0.717) is 11.5 Å². The molecular formula is C15H24N4. The number of nitrogens with zero attached hydrogens (tertiary/aromatic N) is 3. The van der Waals surface area contributed by atoms with E-state index in [2.05, 4.69) is 14.8 Å². The third-order valence-corrected chi connectivity index (χ3v) is 5.99. The highest BCUT2D eigenvalue weighted by Crippen LogP contribution is 2.64. The molecule has 19 heavy (non-hydrogen) atoms. The van der Waals surface area contributed by atoms with Gasteiger partial charge < -0.3 is 5.73 Å². The van der Waals surface area contributed by atoms with Crippen molar-refractivity contribution in [1.82, 2.24) is 14.8 Å². The van der Waals surface area contributed by atoms with Gasteiger partial charge in [0.15, 0.2) is 0 Å². The summed E-state index contributed by atoms with van der Waals surface area (Å²) in [6.45, 7) is 0.756. The average molecular weight is 260 g/mol. The van der Waals surface area contributed by atoms with Crippen molar-refractivity contribution in [3.05, 3.63) is 12.7 Å². The highest BCUT2D eigenvalue weighted by atomic mass is 15.3. The van der Waals surface area contributed by atoms with Crippen LogP contribution in [-0.4, -0.2) is 21.3 Å². The number of nitrogens with two attached hydrogens (primary N) is 1. The Morgan fingerprint density at radius 1 is 1.16 bits per heavy atom. The topological polar surface area (TPSA) is 56.7 Å². The normalized spacial score (nSPS) is 41.6. The second-order valence-corrected chi connectivity index (χ2v) is 7.25. The van der Waals surface area contributed by atoms with E-state index in [1.165, 1.54) is 38.5 Å². The Bertz CT molecular complexity index is 404. The van der Waals surface area contributed by atoms with Crippen molar-refractivity contribution in [3.8, 4) is 0 Å². The molecule has 1 aromatic heterocycles. The molecule has 1 aromatic rings. The van der Waals surface area contributed by atoms with Gasteiger partial charge in [0.05, 0.1) is 6.04 Å². The van der Waals surface area contributed by atoms with Gasteiger partial charge in [-0.1, -0.05) is 0 Å². The third-order valence-electron chi connectivity index (χ3n) is 5.99. The van der Waals surface area contributed by atoms with E-state index in [1.807, 2.05) is 6.33 Å². The van der Waals surface area contributed by atoms with Gasteiger partial charge in [0.2, 0.25) is 0 Å². The van der Waals surface area contributed by atoms with E-state index in [9.17, 15) is 0 Å². The minimum absolute atomic E-state index is 0.474. The summed E-state index contributed by atoms with van der Waals surface area (Å²) in [5.74, 6) is 2.94. The zero-order valence-corrected chi connectivity index (χ0v) is 11.5. The summed E-state index contributed by atoms with van der Waals surface area (Å²) in [5.41, 5.74) is 6.37. The van der Waals surface area contributed by atoms with Crippen LogP contribution in [0.2, 0.25) is 0 Å². The van der Waals surface area contributed by atoms with Crippen LogP contribution in [0, 0.1) is 23.2 Å². The van der Waals surface area contributed by atoms with E-state index >= 15 is 0 Å². The summed E-state index contributed by atoms with van der Waals surface area (Å²) in [5, 5.41) is 4.44. The van der Waals surface area contributed by atoms with Gasteiger partial charge >= 0.3 is 0 Å². The lowest BCUT2D eigenvalue weighted by molar-refractivity contribution is -0.0864. The van der Waals surface area contributed by atoms with E-state index in [1.54, 1.807) is 6.33 Å². The minimum atomic E-state index is 0.474. The maximum atomic E-state index is 5.89. The summed E-state index contributed by atoms with van der Waals surface area (Å²) in [6.07, 6.45) is 13.3. The number of hydrogen-bond donors (Lipinski definition) is 1. The Morgan fingerprint density at radius 3 is 2.26 bits per heavy atom. The Labute approximate surface area is 114 Å². The molecule has 0 saturated heterocycles. The second kappa shape index (κ2) is 4.30. The molecule has 0 aliphatic heterocycles. The highest BCUT2D eigenvalue weighted by Gasteiger charge is 2.54. The summed E-state index contributed by atoms with van der Waals surface area (Å²) >= 11 is 0. The molecule has 1 unspecified atom stereocenters. The minimum Gasteiger partial charge on any atom is -0.330 e. The first-order valence-corrected chi connectivity index (χ1v) is 7.83. The van der Waals surface area contributed by atoms with Gasteiger partial charge in [0.1, 0.15) is 12.7 Å². The van der Waals surface area contributed by atoms with Crippen LogP contribution in [0.25, 0.3) is 0 Å². The van der Waals surface area contributed by atoms with Gasteiger partial charge in [-0.2, -0.15) is 5.10 Å². The molecule has 4 bridgehead atoms. The Morgan fingerprint density at radius 2 is 1.79 bits per heavy atom. The fourth-order valence-electron chi connectivity index (χ4n) is 5.84. The van der Waals surface area contributed by atoms with Crippen molar-refractivity contribution in [1.29, 1.82) is 0 Å². The van der Waals surface area contributed by atoms with Crippen molar-refractivity contribution in [2.24, 2.45) is 28.9 Å². The SMILES string of the molecule is NCCC(n1cncn1)C12CC3CC(CC(C3)C1)C2. The lowest BCUT2D eigenvalue weighted by atomic mass is 9.47. The van der Waals surface area contributed by atoms with Gasteiger partial charge in [-0.3, -0.25) is 0 Å². The standard InChI is InChI=1S/C15H24N4/c16-2-1-14(19-10-17-9-18-19)15-6-11-3-12(7-15)5-13(4-11)8-15/h9-14H,1-8,16H2. The smallest absolute Gasteiger partial charge is 0.137 e. The Kier molecular flexibility index (Phi) is 2.69. The summed E-state index contributed by atoms with van der Waals surface area (Å²) in [6, 6.07) is 0.480. The lowest BCUT2D eigenvalue weighted by Crippen LogP contribution is -2.50. The molecule has 104 valence electrons. The number of hydrogen-bond acceptors (Lipinski definition) is 3. The monoisotopic (exact) mass is 260 g/mol. The highest BCUT2D eigenvalue weighted by molar-refractivity contribution is 5.05. The van der Waals surface area contributed by atoms with Crippen LogP contribution in [0.1, 0.15) is 51.0 Å². The van der Waals surface area contributed by atoms with Crippen LogP contribution < -0.4 is 5.73 Å².